The van der Waals surface area contributed by atoms with Crippen molar-refractivity contribution in [3.05, 3.63) is 65.5 Å². The van der Waals surface area contributed by atoms with Gasteiger partial charge < -0.3 is 4.74 Å². The van der Waals surface area contributed by atoms with Gasteiger partial charge in [-0.25, -0.2) is 0 Å². The molecule has 0 saturated carbocycles. The smallest absolute Gasteiger partial charge is 0.123 e. The molecule has 1 aromatic rings. The lowest BCUT2D eigenvalue weighted by atomic mass is 9.90. The van der Waals surface area contributed by atoms with Gasteiger partial charge in [0.05, 0.1) is 6.61 Å². The average molecular weight is 210 g/mol. The Bertz CT molecular complexity index is 477. The van der Waals surface area contributed by atoms with E-state index in [0.717, 1.165) is 25.2 Å². The van der Waals surface area contributed by atoms with Crippen LogP contribution >= 0.6 is 0 Å². The van der Waals surface area contributed by atoms with E-state index in [4.69, 9.17) is 4.74 Å². The van der Waals surface area contributed by atoms with Crippen molar-refractivity contribution in [2.24, 2.45) is 0 Å². The predicted octanol–water partition coefficient (Wildman–Crippen LogP) is 3.70. The van der Waals surface area contributed by atoms with Crippen LogP contribution in [-0.4, -0.2) is 6.61 Å². The van der Waals surface area contributed by atoms with E-state index >= 15 is 0 Å². The zero-order valence-electron chi connectivity index (χ0n) is 9.15. The van der Waals surface area contributed by atoms with E-state index in [-0.39, 0.29) is 0 Å². The minimum Gasteiger partial charge on any atom is -0.493 e. The molecule has 0 fully saturated rings. The number of fused-ring (bicyclic) bond motifs is 1. The largest absolute Gasteiger partial charge is 0.493 e. The van der Waals surface area contributed by atoms with Gasteiger partial charge in [0.15, 0.2) is 0 Å². The van der Waals surface area contributed by atoms with Crippen LogP contribution in [0.15, 0.2) is 59.9 Å². The Kier molecular flexibility index (Phi) is 2.37. The minimum absolute atomic E-state index is 0.799. The molecule has 1 nitrogen and oxygen atoms in total. The number of hydrogen-bond donors (Lipinski definition) is 0. The van der Waals surface area contributed by atoms with E-state index in [1.165, 1.54) is 16.7 Å². The van der Waals surface area contributed by atoms with Gasteiger partial charge in [0.2, 0.25) is 0 Å². The van der Waals surface area contributed by atoms with Crippen LogP contribution < -0.4 is 0 Å². The molecule has 0 bridgehead atoms. The fraction of sp³-hybridized carbons (Fsp3) is 0.200. The number of allylic oxidation sites excluding steroid dienone is 4. The Labute approximate surface area is 95.7 Å². The molecular weight excluding hydrogens is 196 g/mol. The third-order valence-corrected chi connectivity index (χ3v) is 3.10. The molecule has 0 aromatic heterocycles. The van der Waals surface area contributed by atoms with Gasteiger partial charge in [-0.3, -0.25) is 0 Å². The summed E-state index contributed by atoms with van der Waals surface area (Å²) in [4.78, 5) is 0. The summed E-state index contributed by atoms with van der Waals surface area (Å²) in [5.74, 6) is 1.06. The Morgan fingerprint density at radius 3 is 2.75 bits per heavy atom. The second-order valence-electron chi connectivity index (χ2n) is 4.08. The second-order valence-corrected chi connectivity index (χ2v) is 4.08. The van der Waals surface area contributed by atoms with Gasteiger partial charge in [-0.05, 0) is 23.6 Å². The zero-order valence-corrected chi connectivity index (χ0v) is 9.15. The second kappa shape index (κ2) is 4.01. The molecule has 0 N–H and O–H groups in total. The van der Waals surface area contributed by atoms with Crippen LogP contribution in [0.3, 0.4) is 0 Å². The molecule has 1 heterocycles. The van der Waals surface area contributed by atoms with E-state index in [9.17, 15) is 0 Å². The number of ether oxygens (including phenoxy) is 1. The van der Waals surface area contributed by atoms with Gasteiger partial charge in [-0.2, -0.15) is 0 Å². The first-order valence-corrected chi connectivity index (χ1v) is 5.72. The molecule has 80 valence electrons. The molecule has 0 saturated heterocycles. The molecular formula is C15H14O. The van der Waals surface area contributed by atoms with Crippen molar-refractivity contribution in [1.82, 2.24) is 0 Å². The lowest BCUT2D eigenvalue weighted by Crippen LogP contribution is -2.10. The molecule has 1 aliphatic carbocycles. The van der Waals surface area contributed by atoms with Gasteiger partial charge in [-0.15, -0.1) is 0 Å². The molecule has 0 spiro atoms. The van der Waals surface area contributed by atoms with Gasteiger partial charge in [-0.1, -0.05) is 42.5 Å². The fourth-order valence-electron chi connectivity index (χ4n) is 2.32. The van der Waals surface area contributed by atoms with Crippen molar-refractivity contribution in [3.8, 4) is 0 Å². The molecule has 1 aromatic carbocycles. The first-order chi connectivity index (χ1) is 7.95. The average Bonchev–Trinajstić information content (AvgIpc) is 2.39. The molecule has 0 unspecified atom stereocenters. The van der Waals surface area contributed by atoms with E-state index in [1.54, 1.807) is 0 Å². The minimum atomic E-state index is 0.799. The molecule has 0 radical (unpaired) electrons. The zero-order chi connectivity index (χ0) is 10.8. The Balaban J connectivity index is 2.09. The van der Waals surface area contributed by atoms with Crippen molar-refractivity contribution in [1.29, 1.82) is 0 Å². The quantitative estimate of drug-likeness (QED) is 0.686. The SMILES string of the molecule is C1=CCC2=C(c3ccccc3)CCOC2=C1. The number of benzene rings is 1. The highest BCUT2D eigenvalue weighted by molar-refractivity contribution is 5.73. The summed E-state index contributed by atoms with van der Waals surface area (Å²) >= 11 is 0. The fourth-order valence-corrected chi connectivity index (χ4v) is 2.32. The maximum absolute atomic E-state index is 5.69. The monoisotopic (exact) mass is 210 g/mol. The standard InChI is InChI=1S/C15H14O/c1-2-6-12(7-3-1)13-10-11-16-15-9-5-4-8-14(13)15/h1-7,9H,8,10-11H2. The van der Waals surface area contributed by atoms with Crippen LogP contribution in [-0.2, 0) is 4.74 Å². The highest BCUT2D eigenvalue weighted by atomic mass is 16.5. The lowest BCUT2D eigenvalue weighted by molar-refractivity contribution is 0.217. The normalized spacial score (nSPS) is 18.9. The van der Waals surface area contributed by atoms with Crippen LogP contribution in [0.5, 0.6) is 0 Å². The first kappa shape index (κ1) is 9.46. The first-order valence-electron chi connectivity index (χ1n) is 5.72. The predicted molar refractivity (Wildman–Crippen MR) is 65.8 cm³/mol. The van der Waals surface area contributed by atoms with E-state index in [0.29, 0.717) is 0 Å². The summed E-state index contributed by atoms with van der Waals surface area (Å²) < 4.78 is 5.69. The summed E-state index contributed by atoms with van der Waals surface area (Å²) in [6.07, 6.45) is 8.35. The van der Waals surface area contributed by atoms with Crippen LogP contribution in [0, 0.1) is 0 Å². The van der Waals surface area contributed by atoms with Crippen molar-refractivity contribution in [3.63, 3.8) is 0 Å². The summed E-state index contributed by atoms with van der Waals surface area (Å²) in [5, 5.41) is 0. The van der Waals surface area contributed by atoms with Gasteiger partial charge in [0.1, 0.15) is 5.76 Å². The summed E-state index contributed by atoms with van der Waals surface area (Å²) in [5.41, 5.74) is 4.14. The van der Waals surface area contributed by atoms with Crippen LogP contribution in [0.25, 0.3) is 5.57 Å². The topological polar surface area (TPSA) is 9.23 Å². The van der Waals surface area contributed by atoms with Crippen molar-refractivity contribution >= 4 is 5.57 Å². The number of hydrogen-bond acceptors (Lipinski definition) is 1. The Morgan fingerprint density at radius 2 is 1.88 bits per heavy atom. The molecule has 0 amide bonds. The van der Waals surface area contributed by atoms with Crippen LogP contribution in [0.4, 0.5) is 0 Å². The van der Waals surface area contributed by atoms with E-state index in [1.807, 2.05) is 0 Å². The van der Waals surface area contributed by atoms with E-state index < -0.39 is 0 Å². The maximum atomic E-state index is 5.69. The van der Waals surface area contributed by atoms with E-state index in [2.05, 4.69) is 48.6 Å². The summed E-state index contributed by atoms with van der Waals surface area (Å²) in [6, 6.07) is 10.6. The number of rotatable bonds is 1. The molecule has 2 aliphatic rings. The van der Waals surface area contributed by atoms with Gasteiger partial charge >= 0.3 is 0 Å². The third kappa shape index (κ3) is 1.58. The van der Waals surface area contributed by atoms with Gasteiger partial charge in [0.25, 0.3) is 0 Å². The molecule has 1 heteroatoms. The van der Waals surface area contributed by atoms with Crippen molar-refractivity contribution in [2.45, 2.75) is 12.8 Å². The highest BCUT2D eigenvalue weighted by Crippen LogP contribution is 2.35. The van der Waals surface area contributed by atoms with Crippen molar-refractivity contribution < 1.29 is 4.74 Å². The highest BCUT2D eigenvalue weighted by Gasteiger charge is 2.19. The third-order valence-electron chi connectivity index (χ3n) is 3.10. The Morgan fingerprint density at radius 1 is 1.00 bits per heavy atom. The van der Waals surface area contributed by atoms with Crippen LogP contribution in [0.2, 0.25) is 0 Å². The summed E-state index contributed by atoms with van der Waals surface area (Å²) in [6.45, 7) is 0.799. The lowest BCUT2D eigenvalue weighted by Gasteiger charge is -2.25. The van der Waals surface area contributed by atoms with Gasteiger partial charge in [0, 0.05) is 12.0 Å². The molecule has 0 atom stereocenters. The Hall–Kier alpha value is -1.76. The van der Waals surface area contributed by atoms with Crippen molar-refractivity contribution in [2.75, 3.05) is 6.61 Å². The molecule has 16 heavy (non-hydrogen) atoms. The summed E-state index contributed by atoms with van der Waals surface area (Å²) in [7, 11) is 0. The maximum Gasteiger partial charge on any atom is 0.123 e. The molecule has 3 rings (SSSR count). The molecule has 1 aliphatic heterocycles. The van der Waals surface area contributed by atoms with Crippen LogP contribution in [0.1, 0.15) is 18.4 Å².